The van der Waals surface area contributed by atoms with Crippen LogP contribution in [0.4, 0.5) is 13.2 Å². The Morgan fingerprint density at radius 1 is 1.37 bits per heavy atom. The van der Waals surface area contributed by atoms with Gasteiger partial charge in [0.1, 0.15) is 15.6 Å². The third kappa shape index (κ3) is 2.80. The second-order valence-electron chi connectivity index (χ2n) is 3.70. The second kappa shape index (κ2) is 4.32. The van der Waals surface area contributed by atoms with Crippen molar-refractivity contribution in [2.24, 2.45) is 12.2 Å². The summed E-state index contributed by atoms with van der Waals surface area (Å²) in [7, 11) is -2.69. The zero-order chi connectivity index (χ0) is 14.4. The molecule has 2 aromatic rings. The summed E-state index contributed by atoms with van der Waals surface area (Å²) in [4.78, 5) is 0.301. The average molecular weight is 311 g/mol. The molecule has 2 heterocycles. The van der Waals surface area contributed by atoms with Gasteiger partial charge in [-0.25, -0.2) is 13.6 Å². The van der Waals surface area contributed by atoms with Crippen LogP contribution in [0.3, 0.4) is 0 Å². The first kappa shape index (κ1) is 14.0. The molecule has 2 aromatic heterocycles. The molecule has 2 N–H and O–H groups in total. The van der Waals surface area contributed by atoms with Crippen LogP contribution in [0.1, 0.15) is 5.69 Å². The maximum Gasteiger partial charge on any atom is 0.433 e. The van der Waals surface area contributed by atoms with E-state index in [2.05, 4.69) is 5.10 Å². The molecule has 0 fully saturated rings. The van der Waals surface area contributed by atoms with Gasteiger partial charge in [0.25, 0.3) is 0 Å². The van der Waals surface area contributed by atoms with Crippen molar-refractivity contribution in [2.75, 3.05) is 0 Å². The molecule has 0 aliphatic rings. The Hall–Kier alpha value is -1.39. The van der Waals surface area contributed by atoms with Crippen LogP contribution in [-0.4, -0.2) is 18.2 Å². The van der Waals surface area contributed by atoms with Crippen LogP contribution in [0.5, 0.6) is 0 Å². The lowest BCUT2D eigenvalue weighted by Gasteiger charge is -2.04. The molecule has 0 spiro atoms. The highest BCUT2D eigenvalue weighted by Gasteiger charge is 2.35. The number of alkyl halides is 3. The Kier molecular flexibility index (Phi) is 3.19. The van der Waals surface area contributed by atoms with E-state index in [-0.39, 0.29) is 9.90 Å². The van der Waals surface area contributed by atoms with Crippen LogP contribution in [0.2, 0.25) is 0 Å². The van der Waals surface area contributed by atoms with Crippen molar-refractivity contribution in [3.63, 3.8) is 0 Å². The van der Waals surface area contributed by atoms with Crippen LogP contribution in [0.25, 0.3) is 10.6 Å². The van der Waals surface area contributed by atoms with Gasteiger partial charge in [-0.15, -0.1) is 11.3 Å². The summed E-state index contributed by atoms with van der Waals surface area (Å²) >= 11 is 0.769. The lowest BCUT2D eigenvalue weighted by atomic mass is 10.3. The van der Waals surface area contributed by atoms with E-state index >= 15 is 0 Å². The van der Waals surface area contributed by atoms with E-state index in [0.717, 1.165) is 17.4 Å². The van der Waals surface area contributed by atoms with Crippen molar-refractivity contribution < 1.29 is 21.6 Å². The fourth-order valence-corrected chi connectivity index (χ4v) is 3.15. The smallest absolute Gasteiger partial charge is 0.263 e. The zero-order valence-electron chi connectivity index (χ0n) is 9.47. The van der Waals surface area contributed by atoms with Gasteiger partial charge in [-0.3, -0.25) is 4.68 Å². The molecule has 0 saturated heterocycles. The highest BCUT2D eigenvalue weighted by Crippen LogP contribution is 2.34. The highest BCUT2D eigenvalue weighted by atomic mass is 32.2. The van der Waals surface area contributed by atoms with Gasteiger partial charge < -0.3 is 0 Å². The fourth-order valence-electron chi connectivity index (χ4n) is 1.46. The standard InChI is InChI=1S/C9H8F3N3O2S2/c1-15-7(9(10,11)12)4-5(14-15)6-2-3-8(18-6)19(13,16)17/h2-4H,1H3,(H2,13,16,17). The predicted molar refractivity (Wildman–Crippen MR) is 62.9 cm³/mol. The van der Waals surface area contributed by atoms with Crippen LogP contribution in [0, 0.1) is 0 Å². The first-order chi connectivity index (χ1) is 8.59. The van der Waals surface area contributed by atoms with Gasteiger partial charge in [0.05, 0.1) is 4.88 Å². The van der Waals surface area contributed by atoms with Gasteiger partial charge in [-0.05, 0) is 18.2 Å². The third-order valence-electron chi connectivity index (χ3n) is 2.28. The van der Waals surface area contributed by atoms with Gasteiger partial charge >= 0.3 is 6.18 Å². The summed E-state index contributed by atoms with van der Waals surface area (Å²) in [5.74, 6) is 0. The molecule has 0 unspecified atom stereocenters. The maximum atomic E-state index is 12.6. The van der Waals surface area contributed by atoms with Crippen LogP contribution >= 0.6 is 11.3 Å². The quantitative estimate of drug-likeness (QED) is 0.919. The SMILES string of the molecule is Cn1nc(-c2ccc(S(N)(=O)=O)s2)cc1C(F)(F)F. The number of hydrogen-bond acceptors (Lipinski definition) is 4. The third-order valence-corrected chi connectivity index (χ3v) is 4.83. The zero-order valence-corrected chi connectivity index (χ0v) is 11.1. The molecule has 104 valence electrons. The van der Waals surface area contributed by atoms with Crippen molar-refractivity contribution in [1.82, 2.24) is 9.78 Å². The minimum absolute atomic E-state index is 0.0507. The van der Waals surface area contributed by atoms with Crippen LogP contribution in [-0.2, 0) is 23.2 Å². The minimum Gasteiger partial charge on any atom is -0.263 e. The first-order valence-corrected chi connectivity index (χ1v) is 7.19. The summed E-state index contributed by atoms with van der Waals surface area (Å²) in [5.41, 5.74) is -0.859. The molecule has 10 heteroatoms. The first-order valence-electron chi connectivity index (χ1n) is 4.83. The molecule has 2 rings (SSSR count). The summed E-state index contributed by atoms with van der Waals surface area (Å²) in [6, 6.07) is 3.46. The molecule has 0 amide bonds. The topological polar surface area (TPSA) is 78.0 Å². The van der Waals surface area contributed by atoms with Gasteiger partial charge in [0.2, 0.25) is 10.0 Å². The van der Waals surface area contributed by atoms with Crippen molar-refractivity contribution in [1.29, 1.82) is 0 Å². The molecule has 0 bridgehead atoms. The molecule has 5 nitrogen and oxygen atoms in total. The lowest BCUT2D eigenvalue weighted by Crippen LogP contribution is -2.11. The van der Waals surface area contributed by atoms with Gasteiger partial charge in [0.15, 0.2) is 0 Å². The maximum absolute atomic E-state index is 12.6. The number of halogens is 3. The Bertz CT molecular complexity index is 715. The van der Waals surface area contributed by atoms with E-state index in [9.17, 15) is 21.6 Å². The fraction of sp³-hybridized carbons (Fsp3) is 0.222. The van der Waals surface area contributed by atoms with E-state index in [0.29, 0.717) is 9.56 Å². The number of sulfonamides is 1. The van der Waals surface area contributed by atoms with E-state index in [4.69, 9.17) is 5.14 Å². The van der Waals surface area contributed by atoms with Crippen molar-refractivity contribution in [3.8, 4) is 10.6 Å². The molecule has 0 saturated carbocycles. The second-order valence-corrected chi connectivity index (χ2v) is 6.57. The van der Waals surface area contributed by atoms with Gasteiger partial charge in [0, 0.05) is 7.05 Å². The Morgan fingerprint density at radius 3 is 2.42 bits per heavy atom. The minimum atomic E-state index is -4.51. The summed E-state index contributed by atoms with van der Waals surface area (Å²) in [6.45, 7) is 0. The molecule has 0 radical (unpaired) electrons. The Morgan fingerprint density at radius 2 is 2.00 bits per heavy atom. The van der Waals surface area contributed by atoms with E-state index < -0.39 is 21.9 Å². The van der Waals surface area contributed by atoms with E-state index in [1.165, 1.54) is 19.2 Å². The number of aromatic nitrogens is 2. The predicted octanol–water partition coefficient (Wildman–Crippen LogP) is 1.81. The molecule has 0 atom stereocenters. The molecule has 19 heavy (non-hydrogen) atoms. The summed E-state index contributed by atoms with van der Waals surface area (Å²) in [6.07, 6.45) is -4.51. The Labute approximate surface area is 110 Å². The van der Waals surface area contributed by atoms with Crippen LogP contribution in [0.15, 0.2) is 22.4 Å². The number of aryl methyl sites for hydroxylation is 1. The number of rotatable bonds is 2. The van der Waals surface area contributed by atoms with Crippen LogP contribution < -0.4 is 5.14 Å². The Balaban J connectivity index is 2.47. The van der Waals surface area contributed by atoms with Crippen molar-refractivity contribution in [3.05, 3.63) is 23.9 Å². The molecule has 0 aliphatic carbocycles. The number of thiophene rings is 1. The highest BCUT2D eigenvalue weighted by molar-refractivity contribution is 7.91. The normalized spacial score (nSPS) is 12.9. The molecular formula is C9H8F3N3O2S2. The number of primary sulfonamides is 1. The summed E-state index contributed by atoms with van der Waals surface area (Å²) in [5, 5.41) is 8.64. The van der Waals surface area contributed by atoms with Crippen molar-refractivity contribution >= 4 is 21.4 Å². The molecular weight excluding hydrogens is 303 g/mol. The summed E-state index contributed by atoms with van der Waals surface area (Å²) < 4.78 is 60.6. The lowest BCUT2D eigenvalue weighted by molar-refractivity contribution is -0.143. The number of hydrogen-bond donors (Lipinski definition) is 1. The molecule has 0 aliphatic heterocycles. The van der Waals surface area contributed by atoms with Crippen molar-refractivity contribution in [2.45, 2.75) is 10.4 Å². The van der Waals surface area contributed by atoms with Gasteiger partial charge in [-0.2, -0.15) is 18.3 Å². The van der Waals surface area contributed by atoms with E-state index in [1.54, 1.807) is 0 Å². The monoisotopic (exact) mass is 311 g/mol. The van der Waals surface area contributed by atoms with Gasteiger partial charge in [-0.1, -0.05) is 0 Å². The number of nitrogens with two attached hydrogens (primary N) is 1. The average Bonchev–Trinajstić information content (AvgIpc) is 2.79. The van der Waals surface area contributed by atoms with E-state index in [1.807, 2.05) is 0 Å². The molecule has 0 aromatic carbocycles. The number of nitrogens with zero attached hydrogens (tertiary/aromatic N) is 2. The largest absolute Gasteiger partial charge is 0.433 e.